The second-order valence-electron chi connectivity index (χ2n) is 8.63. The summed E-state index contributed by atoms with van der Waals surface area (Å²) in [6.07, 6.45) is 5.10. The molecule has 2 atom stereocenters. The molecule has 2 heterocycles. The fourth-order valence-electron chi connectivity index (χ4n) is 5.02. The van der Waals surface area contributed by atoms with Crippen LogP contribution >= 0.6 is 11.6 Å². The number of halogens is 1. The molecule has 7 nitrogen and oxygen atoms in total. The van der Waals surface area contributed by atoms with Crippen LogP contribution in [-0.4, -0.2) is 34.9 Å². The van der Waals surface area contributed by atoms with Gasteiger partial charge >= 0.3 is 6.09 Å². The molecular weight excluding hydrogens is 428 g/mol. The zero-order chi connectivity index (χ0) is 22.3. The minimum absolute atomic E-state index is 0.334. The van der Waals surface area contributed by atoms with Gasteiger partial charge in [-0.15, -0.1) is 0 Å². The molecule has 1 amide bonds. The molecule has 2 aliphatic rings. The highest BCUT2D eigenvalue weighted by molar-refractivity contribution is 6.33. The number of ether oxygens (including phenoxy) is 2. The predicted molar refractivity (Wildman–Crippen MR) is 121 cm³/mol. The van der Waals surface area contributed by atoms with E-state index in [9.17, 15) is 10.1 Å². The molecule has 1 aliphatic carbocycles. The summed E-state index contributed by atoms with van der Waals surface area (Å²) in [6, 6.07) is 13.0. The summed E-state index contributed by atoms with van der Waals surface area (Å²) in [6.45, 7) is 1.24. The summed E-state index contributed by atoms with van der Waals surface area (Å²) in [4.78, 5) is 18.9. The highest BCUT2D eigenvalue weighted by Crippen LogP contribution is 2.43. The van der Waals surface area contributed by atoms with Crippen LogP contribution in [0.25, 0.3) is 11.0 Å². The molecule has 8 heteroatoms. The van der Waals surface area contributed by atoms with Crippen LogP contribution in [0.15, 0.2) is 42.7 Å². The first kappa shape index (κ1) is 20.7. The number of imidazole rings is 1. The molecule has 3 aromatic rings. The van der Waals surface area contributed by atoms with Gasteiger partial charge in [-0.25, -0.2) is 9.78 Å². The molecule has 2 fully saturated rings. The Hall–Kier alpha value is -3.24. The second-order valence-corrected chi connectivity index (χ2v) is 9.04. The van der Waals surface area contributed by atoms with Crippen molar-refractivity contribution in [1.29, 1.82) is 5.26 Å². The third-order valence-corrected chi connectivity index (χ3v) is 6.84. The maximum Gasteiger partial charge on any atom is 0.415 e. The lowest BCUT2D eigenvalue weighted by Gasteiger charge is -2.36. The SMILES string of the molecule is COc1ccc(Cl)c(N2CC3(CCCC(Cn4cnc5ccc(C#N)cc54)C3)OC2=O)c1. The van der Waals surface area contributed by atoms with Crippen LogP contribution in [0.3, 0.4) is 0 Å². The minimum atomic E-state index is -0.527. The molecule has 0 bridgehead atoms. The summed E-state index contributed by atoms with van der Waals surface area (Å²) >= 11 is 6.39. The van der Waals surface area contributed by atoms with Crippen LogP contribution < -0.4 is 9.64 Å². The van der Waals surface area contributed by atoms with Crippen molar-refractivity contribution in [2.75, 3.05) is 18.6 Å². The van der Waals surface area contributed by atoms with Gasteiger partial charge in [-0.3, -0.25) is 4.90 Å². The molecule has 1 aromatic heterocycles. The Kier molecular flexibility index (Phi) is 5.18. The molecule has 2 unspecified atom stereocenters. The van der Waals surface area contributed by atoms with Crippen molar-refractivity contribution in [3.8, 4) is 11.8 Å². The van der Waals surface area contributed by atoms with Gasteiger partial charge in [0.15, 0.2) is 0 Å². The summed E-state index contributed by atoms with van der Waals surface area (Å²) in [5.41, 5.74) is 2.53. The van der Waals surface area contributed by atoms with Crippen molar-refractivity contribution >= 4 is 34.4 Å². The van der Waals surface area contributed by atoms with E-state index in [0.717, 1.165) is 43.3 Å². The fourth-order valence-corrected chi connectivity index (χ4v) is 5.24. The van der Waals surface area contributed by atoms with Gasteiger partial charge in [0.25, 0.3) is 0 Å². The molecule has 0 radical (unpaired) electrons. The molecule has 164 valence electrons. The van der Waals surface area contributed by atoms with Crippen molar-refractivity contribution in [3.63, 3.8) is 0 Å². The average Bonchev–Trinajstić information content (AvgIpc) is 3.34. The van der Waals surface area contributed by atoms with Crippen molar-refractivity contribution in [1.82, 2.24) is 9.55 Å². The molecule has 1 saturated heterocycles. The Morgan fingerprint density at radius 2 is 2.22 bits per heavy atom. The van der Waals surface area contributed by atoms with Crippen LogP contribution in [0.1, 0.15) is 31.2 Å². The monoisotopic (exact) mass is 450 g/mol. The van der Waals surface area contributed by atoms with Crippen LogP contribution in [0.4, 0.5) is 10.5 Å². The smallest absolute Gasteiger partial charge is 0.415 e. The number of nitriles is 1. The van der Waals surface area contributed by atoms with E-state index >= 15 is 0 Å². The van der Waals surface area contributed by atoms with Gasteiger partial charge in [-0.2, -0.15) is 5.26 Å². The standard InChI is InChI=1S/C24H23ClN4O3/c1-31-18-5-6-19(25)21(10-18)29-14-24(32-23(29)30)8-2-3-17(11-24)13-28-15-27-20-7-4-16(12-26)9-22(20)28/h4-7,9-10,15,17H,2-3,8,11,13-14H2,1H3. The van der Waals surface area contributed by atoms with Crippen LogP contribution in [0.2, 0.25) is 5.02 Å². The number of hydrogen-bond donors (Lipinski definition) is 0. The molecule has 1 saturated carbocycles. The van der Waals surface area contributed by atoms with Crippen molar-refractivity contribution in [2.45, 2.75) is 37.8 Å². The molecule has 1 spiro atoms. The number of aromatic nitrogens is 2. The molecule has 1 aliphatic heterocycles. The first-order chi connectivity index (χ1) is 15.5. The Bertz CT molecular complexity index is 1230. The quantitative estimate of drug-likeness (QED) is 0.548. The van der Waals surface area contributed by atoms with E-state index in [1.165, 1.54) is 0 Å². The van der Waals surface area contributed by atoms with Crippen molar-refractivity contribution in [3.05, 3.63) is 53.3 Å². The number of benzene rings is 2. The van der Waals surface area contributed by atoms with E-state index in [-0.39, 0.29) is 6.09 Å². The Morgan fingerprint density at radius 1 is 1.34 bits per heavy atom. The number of hydrogen-bond acceptors (Lipinski definition) is 5. The van der Waals surface area contributed by atoms with Crippen LogP contribution in [0, 0.1) is 17.2 Å². The number of nitrogens with zero attached hydrogens (tertiary/aromatic N) is 4. The Morgan fingerprint density at radius 3 is 3.03 bits per heavy atom. The first-order valence-electron chi connectivity index (χ1n) is 10.7. The van der Waals surface area contributed by atoms with Crippen molar-refractivity contribution < 1.29 is 14.3 Å². The normalized spacial score (nSPS) is 22.8. The van der Waals surface area contributed by atoms with Gasteiger partial charge in [-0.1, -0.05) is 11.6 Å². The third-order valence-electron chi connectivity index (χ3n) is 6.53. The van der Waals surface area contributed by atoms with Gasteiger partial charge in [0.05, 0.1) is 53.4 Å². The Balaban J connectivity index is 1.36. The van der Waals surface area contributed by atoms with Gasteiger partial charge in [0, 0.05) is 12.6 Å². The van der Waals surface area contributed by atoms with Gasteiger partial charge in [0.2, 0.25) is 0 Å². The highest BCUT2D eigenvalue weighted by Gasteiger charge is 2.48. The Labute approximate surface area is 191 Å². The van der Waals surface area contributed by atoms with E-state index in [2.05, 4.69) is 15.6 Å². The number of carbonyl (C=O) groups is 1. The van der Waals surface area contributed by atoms with Crippen LogP contribution in [-0.2, 0) is 11.3 Å². The maximum absolute atomic E-state index is 12.8. The van der Waals surface area contributed by atoms with Gasteiger partial charge < -0.3 is 14.0 Å². The molecule has 0 N–H and O–H groups in total. The minimum Gasteiger partial charge on any atom is -0.497 e. The topological polar surface area (TPSA) is 80.4 Å². The first-order valence-corrected chi connectivity index (χ1v) is 11.1. The molecule has 2 aromatic carbocycles. The van der Waals surface area contributed by atoms with E-state index in [1.54, 1.807) is 36.3 Å². The number of fused-ring (bicyclic) bond motifs is 1. The number of anilines is 1. The maximum atomic E-state index is 12.8. The number of rotatable bonds is 4. The summed E-state index contributed by atoms with van der Waals surface area (Å²) in [5.74, 6) is 0.976. The lowest BCUT2D eigenvalue weighted by Crippen LogP contribution is -2.40. The van der Waals surface area contributed by atoms with E-state index in [0.29, 0.717) is 34.5 Å². The summed E-state index contributed by atoms with van der Waals surface area (Å²) in [7, 11) is 1.59. The van der Waals surface area contributed by atoms with E-state index < -0.39 is 5.60 Å². The van der Waals surface area contributed by atoms with Crippen LogP contribution in [0.5, 0.6) is 5.75 Å². The average molecular weight is 451 g/mol. The zero-order valence-corrected chi connectivity index (χ0v) is 18.5. The highest BCUT2D eigenvalue weighted by atomic mass is 35.5. The van der Waals surface area contributed by atoms with Crippen molar-refractivity contribution in [2.24, 2.45) is 5.92 Å². The summed E-state index contributed by atoms with van der Waals surface area (Å²) < 4.78 is 13.4. The molecular formula is C24H23ClN4O3. The predicted octanol–water partition coefficient (Wildman–Crippen LogP) is 5.16. The third kappa shape index (κ3) is 3.65. The van der Waals surface area contributed by atoms with Gasteiger partial charge in [-0.05, 0) is 61.9 Å². The number of amides is 1. The van der Waals surface area contributed by atoms with E-state index in [4.69, 9.17) is 21.1 Å². The van der Waals surface area contributed by atoms with E-state index in [1.807, 2.05) is 18.5 Å². The molecule has 5 rings (SSSR count). The fraction of sp³-hybridized carbons (Fsp3) is 0.375. The number of carbonyl (C=O) groups excluding carboxylic acids is 1. The number of methoxy groups -OCH3 is 1. The lowest BCUT2D eigenvalue weighted by atomic mass is 9.78. The summed E-state index contributed by atoms with van der Waals surface area (Å²) in [5, 5.41) is 9.72. The second kappa shape index (κ2) is 8.03. The molecule has 32 heavy (non-hydrogen) atoms. The lowest BCUT2D eigenvalue weighted by molar-refractivity contribution is 0.00439. The zero-order valence-electron chi connectivity index (χ0n) is 17.8. The van der Waals surface area contributed by atoms with Gasteiger partial charge in [0.1, 0.15) is 11.4 Å². The largest absolute Gasteiger partial charge is 0.497 e.